The number of benzene rings is 4. The molecule has 0 spiro atoms. The second kappa shape index (κ2) is 17.6. The molecule has 12 rings (SSSR count). The zero-order chi connectivity index (χ0) is 46.6. The molecule has 0 N–H and O–H groups in total. The second-order valence-corrected chi connectivity index (χ2v) is 19.0. The molecule has 0 aliphatic heterocycles. The molecule has 69 heavy (non-hydrogen) atoms. The maximum absolute atomic E-state index is 6.44. The minimum Gasteiger partial charge on any atom is -0.343 e. The van der Waals surface area contributed by atoms with Gasteiger partial charge in [-0.25, -0.2) is 0 Å². The van der Waals surface area contributed by atoms with Gasteiger partial charge in [-0.1, -0.05) is 134 Å². The summed E-state index contributed by atoms with van der Waals surface area (Å²) in [6.45, 7) is 13.5. The Hall–Kier alpha value is -7.96. The Morgan fingerprint density at radius 3 is 2.00 bits per heavy atom. The van der Waals surface area contributed by atoms with Crippen LogP contribution in [0.5, 0.6) is 0 Å². The summed E-state index contributed by atoms with van der Waals surface area (Å²) in [5.41, 5.74) is 26.8. The largest absolute Gasteiger partial charge is 0.343 e. The highest BCUT2D eigenvalue weighted by Gasteiger charge is 2.44. The fraction of sp³-hybridized carbons (Fsp3) is 0.185. The number of allylic oxidation sites excluding steroid dienone is 7. The molecule has 0 amide bonds. The summed E-state index contributed by atoms with van der Waals surface area (Å²) in [5, 5.41) is 2.62. The number of terminal acetylenes is 1. The molecule has 0 bridgehead atoms. The van der Waals surface area contributed by atoms with Crippen molar-refractivity contribution < 1.29 is 0 Å². The lowest BCUT2D eigenvalue weighted by Crippen LogP contribution is -2.24. The predicted molar refractivity (Wildman–Crippen MR) is 290 cm³/mol. The van der Waals surface area contributed by atoms with Gasteiger partial charge in [0.1, 0.15) is 0 Å². The fourth-order valence-corrected chi connectivity index (χ4v) is 12.4. The van der Waals surface area contributed by atoms with E-state index in [1.165, 1.54) is 106 Å². The molecule has 8 aromatic rings. The van der Waals surface area contributed by atoms with Crippen molar-refractivity contribution >= 4 is 52.2 Å². The van der Waals surface area contributed by atoms with E-state index < -0.39 is 0 Å². The summed E-state index contributed by atoms with van der Waals surface area (Å²) in [6.07, 6.45) is 38.1. The molecule has 0 fully saturated rings. The van der Waals surface area contributed by atoms with Crippen molar-refractivity contribution in [3.05, 3.63) is 248 Å². The van der Waals surface area contributed by atoms with E-state index in [0.717, 1.165) is 57.4 Å². The van der Waals surface area contributed by atoms with E-state index in [1.54, 1.807) is 6.08 Å². The van der Waals surface area contributed by atoms with E-state index in [4.69, 9.17) is 6.42 Å². The molecule has 0 radical (unpaired) electrons. The minimum absolute atomic E-state index is 0.0869. The minimum atomic E-state index is -0.0944. The van der Waals surface area contributed by atoms with E-state index in [9.17, 15) is 0 Å². The standard InChI is InChI=1S/C65H56N4/c1-5-8-12-30-54-44(4)60-61(47-34-36-58-52(40-47)49-27-17-11-18-31-55(49)68(58)42-45-23-13-9-14-24-45)65-63(51-29-20-22-33-57(51)67(65)39-7-3)62(64(60)66(54)38-6-2)48-35-37-59-53(41-48)50-28-19-21-32-56(50)69(59)43-46-25-15-10-16-26-46/h2,5,7-10,13-18,20-21,23-27,29-32,34-37,40-41,61-62H,1,3,11,19,22,28,33,38-39,42-43H2,4H3. The molecule has 4 aromatic carbocycles. The molecule has 0 saturated carbocycles. The predicted octanol–water partition coefficient (Wildman–Crippen LogP) is 14.8. The summed E-state index contributed by atoms with van der Waals surface area (Å²) < 4.78 is 10.1. The summed E-state index contributed by atoms with van der Waals surface area (Å²) in [4.78, 5) is 0. The van der Waals surface area contributed by atoms with Crippen LogP contribution in [0.2, 0.25) is 0 Å². The summed E-state index contributed by atoms with van der Waals surface area (Å²) in [5.74, 6) is 2.94. The molecule has 4 heteroatoms. The van der Waals surface area contributed by atoms with Gasteiger partial charge >= 0.3 is 0 Å². The number of rotatable bonds is 11. The first-order valence-corrected chi connectivity index (χ1v) is 24.7. The van der Waals surface area contributed by atoms with Gasteiger partial charge in [-0.3, -0.25) is 0 Å². The smallest absolute Gasteiger partial charge is 0.0838 e. The summed E-state index contributed by atoms with van der Waals surface area (Å²) in [7, 11) is 0. The Morgan fingerprint density at radius 2 is 1.28 bits per heavy atom. The van der Waals surface area contributed by atoms with Crippen molar-refractivity contribution in [2.75, 3.05) is 0 Å². The molecule has 4 nitrogen and oxygen atoms in total. The van der Waals surface area contributed by atoms with Gasteiger partial charge in [-0.15, -0.1) is 18.7 Å². The van der Waals surface area contributed by atoms with Crippen LogP contribution in [0.25, 0.3) is 52.2 Å². The first-order valence-electron chi connectivity index (χ1n) is 24.7. The highest BCUT2D eigenvalue weighted by Crippen LogP contribution is 2.56. The Bertz CT molecular complexity index is 3620. The van der Waals surface area contributed by atoms with Gasteiger partial charge in [0.25, 0.3) is 0 Å². The Kier molecular flexibility index (Phi) is 10.8. The van der Waals surface area contributed by atoms with Crippen molar-refractivity contribution in [3.63, 3.8) is 0 Å². The van der Waals surface area contributed by atoms with Gasteiger partial charge in [0, 0.05) is 81.5 Å². The van der Waals surface area contributed by atoms with Gasteiger partial charge in [-0.05, 0) is 132 Å². The zero-order valence-electron chi connectivity index (χ0n) is 39.5. The molecule has 4 aliphatic rings. The normalized spacial score (nSPS) is 16.2. The molecule has 0 saturated heterocycles. The highest BCUT2D eigenvalue weighted by molar-refractivity contribution is 5.96. The number of hydrogen-bond acceptors (Lipinski definition) is 0. The average Bonchev–Trinajstić information content (AvgIpc) is 3.98. The van der Waals surface area contributed by atoms with Gasteiger partial charge in [0.15, 0.2) is 0 Å². The SMILES string of the molecule is C#CCn1c(C=C=CC=C)c(C)c2c1C(c1ccc3c(c1)c1c(n3Cc3ccccc3)C=CCC1)c1c3c(n(CC=C)c1C2c1ccc2c(c1)c1c(n2Cc2ccccc2)C=CCC=C1)CCC=C3. The third-order valence-corrected chi connectivity index (χ3v) is 15.2. The van der Waals surface area contributed by atoms with Gasteiger partial charge in [0.05, 0.1) is 24.1 Å². The van der Waals surface area contributed by atoms with Crippen LogP contribution in [0.3, 0.4) is 0 Å². The molecule has 4 heterocycles. The van der Waals surface area contributed by atoms with Crippen LogP contribution in [0.1, 0.15) is 121 Å². The molecular weight excluding hydrogens is 837 g/mol. The van der Waals surface area contributed by atoms with E-state index in [-0.39, 0.29) is 11.8 Å². The first-order chi connectivity index (χ1) is 34.1. The quantitative estimate of drug-likeness (QED) is 0.0534. The lowest BCUT2D eigenvalue weighted by Gasteiger charge is -2.34. The lowest BCUT2D eigenvalue weighted by molar-refractivity contribution is 0.653. The van der Waals surface area contributed by atoms with Crippen LogP contribution in [0.15, 0.2) is 158 Å². The second-order valence-electron chi connectivity index (χ2n) is 19.0. The van der Waals surface area contributed by atoms with Crippen molar-refractivity contribution in [1.82, 2.24) is 18.3 Å². The molecule has 4 aliphatic carbocycles. The number of nitrogens with zero attached hydrogens (tertiary/aromatic N) is 4. The van der Waals surface area contributed by atoms with Crippen LogP contribution >= 0.6 is 0 Å². The van der Waals surface area contributed by atoms with Crippen molar-refractivity contribution in [2.24, 2.45) is 0 Å². The zero-order valence-corrected chi connectivity index (χ0v) is 39.5. The monoisotopic (exact) mass is 892 g/mol. The van der Waals surface area contributed by atoms with Crippen molar-refractivity contribution in [3.8, 4) is 12.3 Å². The van der Waals surface area contributed by atoms with Gasteiger partial charge < -0.3 is 18.3 Å². The fourth-order valence-electron chi connectivity index (χ4n) is 12.4. The Labute approximate surface area is 406 Å². The van der Waals surface area contributed by atoms with Crippen LogP contribution in [0.4, 0.5) is 0 Å². The molecule has 4 aromatic heterocycles. The van der Waals surface area contributed by atoms with E-state index in [0.29, 0.717) is 6.54 Å². The Morgan fingerprint density at radius 1 is 0.652 bits per heavy atom. The van der Waals surface area contributed by atoms with Gasteiger partial charge in [-0.2, -0.15) is 0 Å². The maximum Gasteiger partial charge on any atom is 0.0838 e. The molecule has 336 valence electrons. The van der Waals surface area contributed by atoms with E-state index in [1.807, 2.05) is 6.08 Å². The number of fused-ring (bicyclic) bond motifs is 10. The van der Waals surface area contributed by atoms with Crippen LogP contribution in [0, 0.1) is 19.3 Å². The molecule has 2 unspecified atom stereocenters. The topological polar surface area (TPSA) is 19.7 Å². The maximum atomic E-state index is 6.44. The van der Waals surface area contributed by atoms with Crippen molar-refractivity contribution in [1.29, 1.82) is 0 Å². The average molecular weight is 893 g/mol. The van der Waals surface area contributed by atoms with Gasteiger partial charge in [0.2, 0.25) is 0 Å². The van der Waals surface area contributed by atoms with Crippen LogP contribution < -0.4 is 0 Å². The third kappa shape index (κ3) is 6.91. The number of aromatic nitrogens is 4. The number of aryl methyl sites for hydroxylation is 1. The van der Waals surface area contributed by atoms with Crippen LogP contribution in [-0.4, -0.2) is 18.3 Å². The molecule has 2 atom stereocenters. The Balaban J connectivity index is 1.15. The van der Waals surface area contributed by atoms with Crippen molar-refractivity contribution in [2.45, 2.75) is 77.0 Å². The van der Waals surface area contributed by atoms with Crippen LogP contribution in [-0.2, 0) is 39.0 Å². The van der Waals surface area contributed by atoms with E-state index in [2.05, 4.69) is 208 Å². The highest BCUT2D eigenvalue weighted by atomic mass is 15.0. The third-order valence-electron chi connectivity index (χ3n) is 15.2. The lowest BCUT2D eigenvalue weighted by atomic mass is 9.71. The molecular formula is C65H56N4. The van der Waals surface area contributed by atoms with E-state index >= 15 is 0 Å². The number of hydrogen-bond donors (Lipinski definition) is 0. The first kappa shape index (κ1) is 42.4. The summed E-state index contributed by atoms with van der Waals surface area (Å²) >= 11 is 0. The summed E-state index contributed by atoms with van der Waals surface area (Å²) in [6, 6.07) is 36.4.